The number of hydrogen-bond acceptors (Lipinski definition) is 0. The van der Waals surface area contributed by atoms with E-state index in [-0.39, 0.29) is 151 Å². The van der Waals surface area contributed by atoms with Crippen LogP contribution in [0.3, 0.4) is 0 Å². The number of aryl methyl sites for hydroxylation is 3. The van der Waals surface area contributed by atoms with Gasteiger partial charge in [-0.1, -0.05) is 108 Å². The molecule has 0 aliphatic heterocycles. The molecule has 0 aromatic heterocycles. The van der Waals surface area contributed by atoms with Crippen molar-refractivity contribution in [2.75, 3.05) is 0 Å². The van der Waals surface area contributed by atoms with Crippen molar-refractivity contribution in [3.8, 4) is 11.1 Å². The number of rotatable bonds is 1. The predicted octanol–water partition coefficient (Wildman–Crippen LogP) is 7.27. The first-order valence-electron chi connectivity index (χ1n) is 10.5. The molecule has 2 unspecified atom stereocenters. The molecule has 5 rings (SSSR count). The van der Waals surface area contributed by atoms with E-state index in [1.165, 1.54) is 60.0 Å². The molecule has 2 atom stereocenters. The zero-order chi connectivity index (χ0) is 22.0. The fraction of sp³-hybridized carbons (Fsp3) is 0.103. The van der Waals surface area contributed by atoms with Crippen LogP contribution in [0.1, 0.15) is 16.7 Å². The summed E-state index contributed by atoms with van der Waals surface area (Å²) in [7, 11) is 5.79. The van der Waals surface area contributed by atoms with Crippen molar-refractivity contribution in [2.45, 2.75) is 20.8 Å². The third-order valence-electron chi connectivity index (χ3n) is 5.54. The van der Waals surface area contributed by atoms with Crippen molar-refractivity contribution in [3.63, 3.8) is 0 Å². The fourth-order valence-corrected chi connectivity index (χ4v) is 5.13. The maximum Gasteiger partial charge on any atom is 0 e. The van der Waals surface area contributed by atoms with Gasteiger partial charge in [-0.2, -0.15) is 0 Å². The molecule has 6 heteroatoms. The Labute approximate surface area is 334 Å². The number of hydrogen-bond donors (Lipinski definition) is 0. The van der Waals surface area contributed by atoms with Crippen LogP contribution in [-0.2, 0) is 0 Å². The summed E-state index contributed by atoms with van der Waals surface area (Å²) in [5, 5.41) is 7.63. The molecule has 0 aliphatic carbocycles. The van der Waals surface area contributed by atoms with Crippen LogP contribution in [0.2, 0.25) is 0 Å². The molecule has 0 aliphatic rings. The van der Waals surface area contributed by atoms with Gasteiger partial charge in [-0.3, -0.25) is 0 Å². The molecule has 0 amide bonds. The zero-order valence-electron chi connectivity index (χ0n) is 19.7. The maximum absolute atomic E-state index is 2.90. The van der Waals surface area contributed by atoms with Gasteiger partial charge in [0.15, 0.2) is 0 Å². The van der Waals surface area contributed by atoms with Gasteiger partial charge in [0.1, 0.15) is 0 Å². The Morgan fingerprint density at radius 1 is 0.429 bits per heavy atom. The van der Waals surface area contributed by atoms with E-state index in [9.17, 15) is 0 Å². The van der Waals surface area contributed by atoms with Gasteiger partial charge in [-0.05, 0) is 64.1 Å². The molecule has 0 saturated carbocycles. The van der Waals surface area contributed by atoms with Gasteiger partial charge in [0.05, 0.1) is 0 Å². The van der Waals surface area contributed by atoms with E-state index >= 15 is 0 Å². The van der Waals surface area contributed by atoms with E-state index in [2.05, 4.69) is 130 Å². The Morgan fingerprint density at radius 2 is 0.743 bits per heavy atom. The van der Waals surface area contributed by atoms with Crippen molar-refractivity contribution in [2.24, 2.45) is 0 Å². The van der Waals surface area contributed by atoms with Crippen LogP contribution in [0.25, 0.3) is 32.7 Å². The first-order chi connectivity index (χ1) is 14.9. The summed E-state index contributed by atoms with van der Waals surface area (Å²) in [4.78, 5) is 0. The van der Waals surface area contributed by atoms with Gasteiger partial charge in [-0.25, -0.2) is 0 Å². The Hall–Kier alpha value is 2.52. The molecule has 5 aromatic rings. The normalized spacial score (nSPS) is 9.51. The van der Waals surface area contributed by atoms with E-state index in [1.54, 1.807) is 0 Å². The van der Waals surface area contributed by atoms with Gasteiger partial charge in [0.2, 0.25) is 0 Å². The molecule has 35 heavy (non-hydrogen) atoms. The maximum atomic E-state index is 2.90. The Bertz CT molecular complexity index is 1270. The van der Waals surface area contributed by atoms with Gasteiger partial charge in [-0.15, -0.1) is 18.5 Å². The SMILES string of the molecule is Cc1cc(C)cc(C)c1.Pc1ccc2ccccc2c1-c1c(P)ccc2ccccc12.[Ar].[Ar].[Ar].[Ar]. The van der Waals surface area contributed by atoms with Crippen molar-refractivity contribution in [1.29, 1.82) is 0 Å². The molecule has 0 saturated heterocycles. The Balaban J connectivity index is 0.000000772. The summed E-state index contributed by atoms with van der Waals surface area (Å²) in [6.45, 7) is 6.38. The molecule has 0 heterocycles. The first kappa shape index (κ1) is 37.5. The summed E-state index contributed by atoms with van der Waals surface area (Å²) < 4.78 is 0. The standard InChI is InChI=1S/C20H16P2.C9H12.4Ar/c21-17-11-9-13-5-1-3-7-15(13)19(17)20-16-8-4-2-6-14(16)10-12-18(20)22;1-7-4-8(2)6-9(3)5-7;;;;/h1-12H,21-22H2;4-6H,1-3H3;;;;. The third kappa shape index (κ3) is 9.83. The Morgan fingerprint density at radius 3 is 1.09 bits per heavy atom. The summed E-state index contributed by atoms with van der Waals surface area (Å²) in [5.41, 5.74) is 6.68. The van der Waals surface area contributed by atoms with E-state index in [4.69, 9.17) is 0 Å². The van der Waals surface area contributed by atoms with Crippen molar-refractivity contribution in [3.05, 3.63) is 108 Å². The molecule has 0 spiro atoms. The molecule has 5 aromatic carbocycles. The summed E-state index contributed by atoms with van der Waals surface area (Å²) in [5.74, 6) is 0. The van der Waals surface area contributed by atoms with Crippen LogP contribution < -0.4 is 10.6 Å². The second-order valence-electron chi connectivity index (χ2n) is 8.17. The third-order valence-corrected chi connectivity index (χ3v) is 6.50. The van der Waals surface area contributed by atoms with Crippen LogP contribution in [0, 0.1) is 172 Å². The topological polar surface area (TPSA) is 0 Å². The zero-order valence-corrected chi connectivity index (χ0v) is 24.9. The second kappa shape index (κ2) is 18.1. The summed E-state index contributed by atoms with van der Waals surface area (Å²) >= 11 is 0. The molecule has 186 valence electrons. The molecule has 0 radical (unpaired) electrons. The predicted molar refractivity (Wildman–Crippen MR) is 146 cm³/mol. The monoisotopic (exact) mass is 598 g/mol. The van der Waals surface area contributed by atoms with Crippen LogP contribution in [0.15, 0.2) is 91.0 Å². The van der Waals surface area contributed by atoms with Gasteiger partial charge in [0, 0.05) is 151 Å². The van der Waals surface area contributed by atoms with E-state index in [0.29, 0.717) is 0 Å². The van der Waals surface area contributed by atoms with Crippen molar-refractivity contribution >= 4 is 50.6 Å². The van der Waals surface area contributed by atoms with Gasteiger partial charge >= 0.3 is 0 Å². The van der Waals surface area contributed by atoms with E-state index in [1.807, 2.05) is 0 Å². The van der Waals surface area contributed by atoms with Crippen LogP contribution >= 0.6 is 18.5 Å². The van der Waals surface area contributed by atoms with E-state index in [0.717, 1.165) is 0 Å². The largest absolute Gasteiger partial charge is 0.105 e. The second-order valence-corrected chi connectivity index (χ2v) is 9.41. The van der Waals surface area contributed by atoms with Crippen LogP contribution in [0.5, 0.6) is 0 Å². The quantitative estimate of drug-likeness (QED) is 0.178. The smallest absolute Gasteiger partial charge is 0 e. The first-order valence-corrected chi connectivity index (χ1v) is 11.7. The summed E-state index contributed by atoms with van der Waals surface area (Å²) in [6.07, 6.45) is 0. The van der Waals surface area contributed by atoms with Crippen molar-refractivity contribution < 1.29 is 151 Å². The van der Waals surface area contributed by atoms with Crippen LogP contribution in [-0.4, -0.2) is 0 Å². The van der Waals surface area contributed by atoms with Gasteiger partial charge < -0.3 is 0 Å². The Kier molecular flexibility index (Phi) is 19.4. The minimum absolute atomic E-state index is 0. The number of fused-ring (bicyclic) bond motifs is 2. The molecule has 0 nitrogen and oxygen atoms in total. The van der Waals surface area contributed by atoms with E-state index < -0.39 is 0 Å². The fourth-order valence-electron chi connectivity index (χ4n) is 4.34. The van der Waals surface area contributed by atoms with Crippen molar-refractivity contribution in [1.82, 2.24) is 0 Å². The van der Waals surface area contributed by atoms with Crippen LogP contribution in [0.4, 0.5) is 0 Å². The minimum Gasteiger partial charge on any atom is -0.105 e. The molecule has 0 bridgehead atoms. The van der Waals surface area contributed by atoms with Gasteiger partial charge in [0.25, 0.3) is 0 Å². The average molecular weight is 598 g/mol. The molecular formula is C29H28Ar4P2. The summed E-state index contributed by atoms with van der Waals surface area (Å²) in [6, 6.07) is 32.5. The average Bonchev–Trinajstić information content (AvgIpc) is 2.74. The molecular weight excluding hydrogens is 570 g/mol. The molecule has 0 fully saturated rings. The molecule has 0 N–H and O–H groups in total. The number of benzene rings is 5. The minimum atomic E-state index is 0.